The fraction of sp³-hybridized carbons (Fsp3) is 0.0769. The van der Waals surface area contributed by atoms with E-state index in [9.17, 15) is 0 Å². The second-order valence-electron chi connectivity index (χ2n) is 14.5. The molecule has 0 aromatic heterocycles. The molecule has 53 heavy (non-hydrogen) atoms. The van der Waals surface area contributed by atoms with E-state index in [1.165, 1.54) is 83.5 Å². The van der Waals surface area contributed by atoms with Crippen LogP contribution in [0.1, 0.15) is 51.3 Å². The van der Waals surface area contributed by atoms with Gasteiger partial charge in [0.15, 0.2) is 0 Å². The third-order valence-corrected chi connectivity index (χ3v) is 12.2. The fourth-order valence-corrected chi connectivity index (χ4v) is 9.63. The molecule has 252 valence electrons. The lowest BCUT2D eigenvalue weighted by Crippen LogP contribution is -2.28. The van der Waals surface area contributed by atoms with Crippen LogP contribution in [0.5, 0.6) is 0 Å². The predicted molar refractivity (Wildman–Crippen MR) is 224 cm³/mol. The molecule has 2 aliphatic carbocycles. The number of rotatable bonds is 7. The summed E-state index contributed by atoms with van der Waals surface area (Å²) in [5.74, 6) is 0.410. The largest absolute Gasteiger partial charge is 0.0714 e. The quantitative estimate of drug-likeness (QED) is 0.153. The molecule has 8 aromatic carbocycles. The average Bonchev–Trinajstić information content (AvgIpc) is 3.70. The highest BCUT2D eigenvalue weighted by Gasteiger charge is 2.46. The van der Waals surface area contributed by atoms with Crippen molar-refractivity contribution in [3.8, 4) is 44.5 Å². The van der Waals surface area contributed by atoms with E-state index in [1.54, 1.807) is 0 Å². The Labute approximate surface area is 320 Å². The van der Waals surface area contributed by atoms with Crippen LogP contribution >= 0.6 is 15.9 Å². The van der Waals surface area contributed by atoms with Crippen molar-refractivity contribution in [3.05, 3.63) is 238 Å². The third kappa shape index (κ3) is 5.25. The maximum absolute atomic E-state index is 3.84. The Hall–Kier alpha value is -5.76. The van der Waals surface area contributed by atoms with E-state index in [4.69, 9.17) is 0 Å². The van der Waals surface area contributed by atoms with Crippen LogP contribution in [0.3, 0.4) is 0 Å². The minimum Gasteiger partial charge on any atom is -0.0622 e. The lowest BCUT2D eigenvalue weighted by molar-refractivity contribution is 0.729. The summed E-state index contributed by atoms with van der Waals surface area (Å²) in [6.07, 6.45) is 2.18. The van der Waals surface area contributed by atoms with Gasteiger partial charge >= 0.3 is 0 Å². The van der Waals surface area contributed by atoms with Gasteiger partial charge in [-0.05, 0) is 127 Å². The summed E-state index contributed by atoms with van der Waals surface area (Å²) < 4.78 is 1.09. The third-order valence-electron chi connectivity index (χ3n) is 11.7. The minimum absolute atomic E-state index is 0.410. The van der Waals surface area contributed by atoms with Gasteiger partial charge in [-0.15, -0.1) is 0 Å². The first-order chi connectivity index (χ1) is 26.2. The number of hydrogen-bond donors (Lipinski definition) is 0. The van der Waals surface area contributed by atoms with E-state index in [0.717, 1.165) is 17.3 Å². The molecule has 0 bridgehead atoms. The Morgan fingerprint density at radius 3 is 1.66 bits per heavy atom. The second kappa shape index (κ2) is 13.0. The van der Waals surface area contributed by atoms with Gasteiger partial charge in [0.2, 0.25) is 0 Å². The summed E-state index contributed by atoms with van der Waals surface area (Å²) in [4.78, 5) is 0. The zero-order chi connectivity index (χ0) is 35.4. The van der Waals surface area contributed by atoms with Crippen molar-refractivity contribution in [2.24, 2.45) is 0 Å². The number of halogens is 1. The molecule has 0 radical (unpaired) electrons. The highest BCUT2D eigenvalue weighted by molar-refractivity contribution is 9.10. The zero-order valence-electron chi connectivity index (χ0n) is 29.3. The number of aryl methyl sites for hydroxylation is 1. The second-order valence-corrected chi connectivity index (χ2v) is 15.4. The average molecular weight is 742 g/mol. The summed E-state index contributed by atoms with van der Waals surface area (Å²) in [7, 11) is 0. The van der Waals surface area contributed by atoms with Gasteiger partial charge in [0, 0.05) is 10.4 Å². The highest BCUT2D eigenvalue weighted by Crippen LogP contribution is 2.57. The predicted octanol–water partition coefficient (Wildman–Crippen LogP) is 13.9. The van der Waals surface area contributed by atoms with Gasteiger partial charge in [-0.3, -0.25) is 0 Å². The monoisotopic (exact) mass is 740 g/mol. The van der Waals surface area contributed by atoms with Crippen molar-refractivity contribution in [2.75, 3.05) is 0 Å². The zero-order valence-corrected chi connectivity index (χ0v) is 30.9. The molecule has 0 amide bonds. The normalized spacial score (nSPS) is 14.6. The van der Waals surface area contributed by atoms with E-state index in [0.29, 0.717) is 5.92 Å². The van der Waals surface area contributed by atoms with Crippen LogP contribution in [0.25, 0.3) is 44.5 Å². The molecule has 0 heterocycles. The van der Waals surface area contributed by atoms with Crippen LogP contribution < -0.4 is 0 Å². The summed E-state index contributed by atoms with van der Waals surface area (Å²) in [5, 5.41) is 0. The van der Waals surface area contributed by atoms with Crippen molar-refractivity contribution < 1.29 is 0 Å². The van der Waals surface area contributed by atoms with Gasteiger partial charge in [0.05, 0.1) is 5.41 Å². The van der Waals surface area contributed by atoms with Gasteiger partial charge in [-0.1, -0.05) is 180 Å². The van der Waals surface area contributed by atoms with Crippen LogP contribution in [0.4, 0.5) is 0 Å². The molecular formula is C52H37Br. The van der Waals surface area contributed by atoms with Crippen molar-refractivity contribution in [1.29, 1.82) is 0 Å². The molecule has 0 spiro atoms. The molecule has 8 aromatic rings. The maximum atomic E-state index is 3.84. The first-order valence-corrected chi connectivity index (χ1v) is 19.4. The number of hydrogen-bond acceptors (Lipinski definition) is 0. The molecule has 10 rings (SSSR count). The van der Waals surface area contributed by atoms with Crippen molar-refractivity contribution in [2.45, 2.75) is 24.2 Å². The maximum Gasteiger partial charge on any atom is 0.0714 e. The minimum atomic E-state index is -0.449. The number of benzene rings is 8. The van der Waals surface area contributed by atoms with Gasteiger partial charge < -0.3 is 0 Å². The van der Waals surface area contributed by atoms with E-state index in [2.05, 4.69) is 210 Å². The Morgan fingerprint density at radius 1 is 0.396 bits per heavy atom. The van der Waals surface area contributed by atoms with Crippen LogP contribution in [-0.2, 0) is 11.8 Å². The molecule has 1 unspecified atom stereocenters. The Bertz CT molecular complexity index is 2580. The Kier molecular flexibility index (Phi) is 7.85. The first-order valence-electron chi connectivity index (χ1n) is 18.6. The number of fused-ring (bicyclic) bond motifs is 6. The van der Waals surface area contributed by atoms with E-state index in [-0.39, 0.29) is 0 Å². The van der Waals surface area contributed by atoms with Crippen molar-refractivity contribution >= 4 is 15.9 Å². The molecule has 0 N–H and O–H groups in total. The molecule has 0 aliphatic heterocycles. The molecule has 0 saturated carbocycles. The Morgan fingerprint density at radius 2 is 0.943 bits per heavy atom. The lowest BCUT2D eigenvalue weighted by atomic mass is 9.67. The molecular weight excluding hydrogens is 704 g/mol. The van der Waals surface area contributed by atoms with Gasteiger partial charge in [-0.2, -0.15) is 0 Å². The summed E-state index contributed by atoms with van der Waals surface area (Å²) in [6.45, 7) is 0. The van der Waals surface area contributed by atoms with Crippen molar-refractivity contribution in [1.82, 2.24) is 0 Å². The van der Waals surface area contributed by atoms with Crippen molar-refractivity contribution in [3.63, 3.8) is 0 Å². The summed E-state index contributed by atoms with van der Waals surface area (Å²) >= 11 is 3.84. The van der Waals surface area contributed by atoms with Crippen LogP contribution in [0.2, 0.25) is 0 Å². The van der Waals surface area contributed by atoms with E-state index in [1.807, 2.05) is 0 Å². The summed E-state index contributed by atoms with van der Waals surface area (Å²) in [6, 6.07) is 72.2. The highest BCUT2D eigenvalue weighted by atomic mass is 79.9. The molecule has 1 heteroatoms. The molecule has 0 fully saturated rings. The SMILES string of the molecule is Brc1ccc2c(c1)C(c1ccccc1)(c1ccccc1)c1cc(-c3cccc(-c4ccc5c(c4)-c4ccccc4C5CCc4ccccc4)c3)ccc1-2. The first kappa shape index (κ1) is 31.9. The molecule has 1 atom stereocenters. The van der Waals surface area contributed by atoms with Gasteiger partial charge in [-0.25, -0.2) is 0 Å². The van der Waals surface area contributed by atoms with Gasteiger partial charge in [0.1, 0.15) is 0 Å². The van der Waals surface area contributed by atoms with Gasteiger partial charge in [0.25, 0.3) is 0 Å². The van der Waals surface area contributed by atoms with Crippen LogP contribution in [-0.4, -0.2) is 0 Å². The summed E-state index contributed by atoms with van der Waals surface area (Å²) in [5.41, 5.74) is 19.3. The lowest BCUT2D eigenvalue weighted by Gasteiger charge is -2.34. The molecule has 0 saturated heterocycles. The smallest absolute Gasteiger partial charge is 0.0622 e. The van der Waals surface area contributed by atoms with E-state index < -0.39 is 5.41 Å². The topological polar surface area (TPSA) is 0 Å². The standard InChI is InChI=1S/C52H37Br/c53-42-26-30-48-47-29-25-39(33-50(47)52(51(48)34-42,40-17-6-2-7-18-40)41-19-8-3-9-20-41)37-16-12-15-36(31-37)38-24-28-46-45(27-23-35-13-4-1-5-14-35)43-21-10-11-22-44(43)49(46)32-38/h1-22,24-26,28-34,45H,23,27H2. The molecule has 2 aliphatic rings. The van der Waals surface area contributed by atoms with Crippen LogP contribution in [0.15, 0.2) is 199 Å². The van der Waals surface area contributed by atoms with E-state index >= 15 is 0 Å². The molecule has 0 nitrogen and oxygen atoms in total. The van der Waals surface area contributed by atoms with Crippen LogP contribution in [0, 0.1) is 0 Å². The Balaban J connectivity index is 1.07. The fourth-order valence-electron chi connectivity index (χ4n) is 9.27.